The van der Waals surface area contributed by atoms with Crippen molar-refractivity contribution in [3.05, 3.63) is 58.9 Å². The first-order chi connectivity index (χ1) is 13.0. The van der Waals surface area contributed by atoms with Crippen molar-refractivity contribution in [3.63, 3.8) is 0 Å². The van der Waals surface area contributed by atoms with E-state index in [1.165, 1.54) is 44.2 Å². The highest BCUT2D eigenvalue weighted by Gasteiger charge is 2.27. The Morgan fingerprint density at radius 1 is 0.630 bits per heavy atom. The van der Waals surface area contributed by atoms with Gasteiger partial charge in [-0.05, 0) is 30.5 Å². The molecule has 0 amide bonds. The van der Waals surface area contributed by atoms with Gasteiger partial charge in [0, 0.05) is 0 Å². The first-order valence-electron chi connectivity index (χ1n) is 9.24. The Morgan fingerprint density at radius 2 is 1.11 bits per heavy atom. The zero-order valence-corrected chi connectivity index (χ0v) is 15.3. The molecular weight excluding hydrogens is 363 g/mol. The van der Waals surface area contributed by atoms with Crippen molar-refractivity contribution in [3.8, 4) is 11.5 Å². The number of ether oxygens (including phenoxy) is 1. The summed E-state index contributed by atoms with van der Waals surface area (Å²) in [5.41, 5.74) is 1.02. The van der Waals surface area contributed by atoms with E-state index in [4.69, 9.17) is 4.74 Å². The molecule has 148 valence electrons. The molecule has 0 radical (unpaired) electrons. The van der Waals surface area contributed by atoms with Crippen LogP contribution in [0.4, 0.5) is 22.0 Å². The third kappa shape index (κ3) is 5.68. The van der Waals surface area contributed by atoms with E-state index < -0.39 is 34.8 Å². The van der Waals surface area contributed by atoms with E-state index in [1.807, 2.05) is 0 Å². The van der Waals surface area contributed by atoms with Crippen molar-refractivity contribution in [2.75, 3.05) is 0 Å². The molecule has 2 rings (SSSR count). The summed E-state index contributed by atoms with van der Waals surface area (Å²) in [7, 11) is 0. The molecular formula is C21H23F5O. The summed E-state index contributed by atoms with van der Waals surface area (Å²) < 4.78 is 71.6. The maximum Gasteiger partial charge on any atom is 0.207 e. The molecule has 0 heterocycles. The lowest BCUT2D eigenvalue weighted by Crippen LogP contribution is -2.04. The SMILES string of the molecule is CCCCCCCCCc1ccc(Oc2c(F)c(F)c(F)c(F)c2F)cc1. The van der Waals surface area contributed by atoms with E-state index in [0.717, 1.165) is 24.8 Å². The molecule has 0 saturated carbocycles. The van der Waals surface area contributed by atoms with E-state index in [1.54, 1.807) is 12.1 Å². The monoisotopic (exact) mass is 386 g/mol. The molecule has 0 aliphatic rings. The number of unbranched alkanes of at least 4 members (excludes halogenated alkanes) is 6. The largest absolute Gasteiger partial charge is 0.451 e. The maximum atomic E-state index is 13.6. The Labute approximate surface area is 156 Å². The van der Waals surface area contributed by atoms with Crippen molar-refractivity contribution < 1.29 is 26.7 Å². The predicted molar refractivity (Wildman–Crippen MR) is 94.4 cm³/mol. The fourth-order valence-corrected chi connectivity index (χ4v) is 2.80. The van der Waals surface area contributed by atoms with Crippen LogP contribution in [0.3, 0.4) is 0 Å². The minimum atomic E-state index is -2.21. The van der Waals surface area contributed by atoms with E-state index in [2.05, 4.69) is 6.92 Å². The Balaban J connectivity index is 1.91. The van der Waals surface area contributed by atoms with Crippen LogP contribution in [-0.4, -0.2) is 0 Å². The zero-order valence-electron chi connectivity index (χ0n) is 15.3. The van der Waals surface area contributed by atoms with Crippen LogP contribution in [0.5, 0.6) is 11.5 Å². The topological polar surface area (TPSA) is 9.23 Å². The second kappa shape index (κ2) is 10.3. The van der Waals surface area contributed by atoms with Crippen LogP contribution in [0.15, 0.2) is 24.3 Å². The normalized spacial score (nSPS) is 11.0. The highest BCUT2D eigenvalue weighted by atomic mass is 19.2. The highest BCUT2D eigenvalue weighted by Crippen LogP contribution is 2.32. The molecule has 0 saturated heterocycles. The predicted octanol–water partition coefficient (Wildman–Crippen LogP) is 7.47. The van der Waals surface area contributed by atoms with Gasteiger partial charge in [-0.2, -0.15) is 8.78 Å². The zero-order chi connectivity index (χ0) is 19.8. The number of aryl methyl sites for hydroxylation is 1. The molecule has 1 nitrogen and oxygen atoms in total. The van der Waals surface area contributed by atoms with Crippen molar-refractivity contribution in [1.82, 2.24) is 0 Å². The summed E-state index contributed by atoms with van der Waals surface area (Å²) in [4.78, 5) is 0. The second-order valence-electron chi connectivity index (χ2n) is 6.52. The van der Waals surface area contributed by atoms with Gasteiger partial charge in [0.25, 0.3) is 0 Å². The third-order valence-corrected chi connectivity index (χ3v) is 4.38. The summed E-state index contributed by atoms with van der Waals surface area (Å²) in [6, 6.07) is 6.35. The van der Waals surface area contributed by atoms with Gasteiger partial charge in [-0.3, -0.25) is 0 Å². The van der Waals surface area contributed by atoms with Crippen LogP contribution < -0.4 is 4.74 Å². The van der Waals surface area contributed by atoms with Gasteiger partial charge < -0.3 is 4.74 Å². The van der Waals surface area contributed by atoms with Crippen LogP contribution in [0.25, 0.3) is 0 Å². The van der Waals surface area contributed by atoms with Crippen LogP contribution in [0.2, 0.25) is 0 Å². The molecule has 0 atom stereocenters. The van der Waals surface area contributed by atoms with E-state index >= 15 is 0 Å². The molecule has 0 aromatic heterocycles. The quantitative estimate of drug-likeness (QED) is 0.178. The summed E-state index contributed by atoms with van der Waals surface area (Å²) in [6.45, 7) is 2.18. The molecule has 27 heavy (non-hydrogen) atoms. The summed E-state index contributed by atoms with van der Waals surface area (Å²) in [5.74, 6) is -11.5. The van der Waals surface area contributed by atoms with Gasteiger partial charge in [0.1, 0.15) is 5.75 Å². The van der Waals surface area contributed by atoms with Gasteiger partial charge in [0.2, 0.25) is 34.8 Å². The molecule has 2 aromatic rings. The molecule has 0 aliphatic carbocycles. The van der Waals surface area contributed by atoms with Gasteiger partial charge in [0.15, 0.2) is 0 Å². The minimum absolute atomic E-state index is 0.00141. The Bertz CT molecular complexity index is 714. The lowest BCUT2D eigenvalue weighted by Gasteiger charge is -2.10. The Kier molecular flexibility index (Phi) is 8.07. The fraction of sp³-hybridized carbons (Fsp3) is 0.429. The Hall–Kier alpha value is -2.11. The number of rotatable bonds is 10. The number of hydrogen-bond acceptors (Lipinski definition) is 1. The number of hydrogen-bond donors (Lipinski definition) is 0. The van der Waals surface area contributed by atoms with E-state index in [-0.39, 0.29) is 5.75 Å². The average Bonchev–Trinajstić information content (AvgIpc) is 2.68. The van der Waals surface area contributed by atoms with Gasteiger partial charge >= 0.3 is 0 Å². The average molecular weight is 386 g/mol. The van der Waals surface area contributed by atoms with Crippen LogP contribution in [0, 0.1) is 29.1 Å². The van der Waals surface area contributed by atoms with Gasteiger partial charge in [0.05, 0.1) is 0 Å². The van der Waals surface area contributed by atoms with Crippen molar-refractivity contribution >= 4 is 0 Å². The molecule has 0 unspecified atom stereocenters. The van der Waals surface area contributed by atoms with Crippen LogP contribution >= 0.6 is 0 Å². The smallest absolute Gasteiger partial charge is 0.207 e. The maximum absolute atomic E-state index is 13.6. The molecule has 0 N–H and O–H groups in total. The van der Waals surface area contributed by atoms with Gasteiger partial charge in [-0.15, -0.1) is 0 Å². The van der Waals surface area contributed by atoms with Gasteiger partial charge in [-0.1, -0.05) is 57.6 Å². The molecule has 0 aliphatic heterocycles. The van der Waals surface area contributed by atoms with Crippen molar-refractivity contribution in [1.29, 1.82) is 0 Å². The lowest BCUT2D eigenvalue weighted by molar-refractivity contribution is 0.332. The standard InChI is InChI=1S/C21H23F5O/c1-2-3-4-5-6-7-8-9-14-10-12-15(13-11-14)27-21-19(25)17(23)16(22)18(24)20(21)26/h10-13H,2-9H2,1H3. The summed E-state index contributed by atoms with van der Waals surface area (Å²) >= 11 is 0. The van der Waals surface area contributed by atoms with E-state index in [0.29, 0.717) is 0 Å². The first kappa shape index (κ1) is 21.2. The number of halogens is 5. The third-order valence-electron chi connectivity index (χ3n) is 4.38. The minimum Gasteiger partial charge on any atom is -0.451 e. The molecule has 0 bridgehead atoms. The second-order valence-corrected chi connectivity index (χ2v) is 6.52. The van der Waals surface area contributed by atoms with Crippen molar-refractivity contribution in [2.24, 2.45) is 0 Å². The highest BCUT2D eigenvalue weighted by molar-refractivity contribution is 5.36. The summed E-state index contributed by atoms with van der Waals surface area (Å²) in [6.07, 6.45) is 9.21. The lowest BCUT2D eigenvalue weighted by atomic mass is 10.0. The Morgan fingerprint density at radius 3 is 1.67 bits per heavy atom. The molecule has 0 fully saturated rings. The van der Waals surface area contributed by atoms with Crippen LogP contribution in [-0.2, 0) is 6.42 Å². The molecule has 2 aromatic carbocycles. The fourth-order valence-electron chi connectivity index (χ4n) is 2.80. The molecule has 0 spiro atoms. The van der Waals surface area contributed by atoms with Crippen LogP contribution in [0.1, 0.15) is 57.4 Å². The number of benzene rings is 2. The molecule has 6 heteroatoms. The van der Waals surface area contributed by atoms with E-state index in [9.17, 15) is 22.0 Å². The summed E-state index contributed by atoms with van der Waals surface area (Å²) in [5, 5.41) is 0. The van der Waals surface area contributed by atoms with Crippen molar-refractivity contribution in [2.45, 2.75) is 58.3 Å². The van der Waals surface area contributed by atoms with Gasteiger partial charge in [-0.25, -0.2) is 13.2 Å². The first-order valence-corrected chi connectivity index (χ1v) is 9.24.